The molecule has 0 aromatic rings. The van der Waals surface area contributed by atoms with Crippen molar-refractivity contribution in [1.82, 2.24) is 4.90 Å². The van der Waals surface area contributed by atoms with Gasteiger partial charge in [-0.3, -0.25) is 4.79 Å². The van der Waals surface area contributed by atoms with E-state index in [-0.39, 0.29) is 24.7 Å². The van der Waals surface area contributed by atoms with Gasteiger partial charge < -0.3 is 4.90 Å². The van der Waals surface area contributed by atoms with E-state index in [4.69, 9.17) is 0 Å². The second-order valence-electron chi connectivity index (χ2n) is 4.24. The predicted molar refractivity (Wildman–Crippen MR) is 63.0 cm³/mol. The third-order valence-corrected chi connectivity index (χ3v) is 3.47. The number of carbonyl (C=O) groups excluding carboxylic acids is 1. The largest absolute Gasteiger partial charge is 0.342 e. The van der Waals surface area contributed by atoms with Gasteiger partial charge in [-0.05, 0) is 19.8 Å². The quantitative estimate of drug-likeness (QED) is 0.731. The summed E-state index contributed by atoms with van der Waals surface area (Å²) >= 11 is 3.29. The maximum absolute atomic E-state index is 12.9. The Labute approximate surface area is 104 Å². The second kappa shape index (κ2) is 5.94. The first kappa shape index (κ1) is 13.9. The molecule has 5 heteroatoms. The molecule has 1 aliphatic rings. The van der Waals surface area contributed by atoms with E-state index >= 15 is 0 Å². The highest BCUT2D eigenvalue weighted by Crippen LogP contribution is 2.36. The van der Waals surface area contributed by atoms with Gasteiger partial charge in [0.25, 0.3) is 0 Å². The molecule has 1 fully saturated rings. The lowest BCUT2D eigenvalue weighted by atomic mass is 9.86. The van der Waals surface area contributed by atoms with Crippen molar-refractivity contribution in [3.05, 3.63) is 0 Å². The van der Waals surface area contributed by atoms with Crippen LogP contribution in [-0.2, 0) is 4.79 Å². The van der Waals surface area contributed by atoms with Gasteiger partial charge in [-0.15, -0.1) is 0 Å². The van der Waals surface area contributed by atoms with Crippen LogP contribution in [0.3, 0.4) is 0 Å². The summed E-state index contributed by atoms with van der Waals surface area (Å²) in [6.07, 6.45) is 0.361. The highest BCUT2D eigenvalue weighted by molar-refractivity contribution is 9.09. The van der Waals surface area contributed by atoms with E-state index in [0.717, 1.165) is 5.33 Å². The Kier molecular flexibility index (Phi) is 5.15. The summed E-state index contributed by atoms with van der Waals surface area (Å²) in [5.74, 6) is -2.71. The zero-order chi connectivity index (χ0) is 12.2. The van der Waals surface area contributed by atoms with E-state index in [1.54, 1.807) is 4.90 Å². The highest BCUT2D eigenvalue weighted by atomic mass is 79.9. The van der Waals surface area contributed by atoms with Gasteiger partial charge in [0.1, 0.15) is 0 Å². The fourth-order valence-electron chi connectivity index (χ4n) is 2.07. The average molecular weight is 298 g/mol. The molecule has 0 aliphatic heterocycles. The first-order chi connectivity index (χ1) is 7.50. The molecule has 0 spiro atoms. The van der Waals surface area contributed by atoms with Crippen molar-refractivity contribution >= 4 is 21.8 Å². The van der Waals surface area contributed by atoms with Crippen LogP contribution in [0.1, 0.15) is 32.6 Å². The fraction of sp³-hybridized carbons (Fsp3) is 0.909. The summed E-state index contributed by atoms with van der Waals surface area (Å²) in [5.41, 5.74) is 0. The van der Waals surface area contributed by atoms with Crippen molar-refractivity contribution in [2.24, 2.45) is 5.92 Å². The minimum absolute atomic E-state index is 0.0393. The first-order valence-corrected chi connectivity index (χ1v) is 6.85. The number of nitrogens with zero attached hydrogens (tertiary/aromatic N) is 1. The van der Waals surface area contributed by atoms with Crippen LogP contribution in [0, 0.1) is 5.92 Å². The highest BCUT2D eigenvalue weighted by Gasteiger charge is 2.38. The number of hydrogen-bond donors (Lipinski definition) is 0. The lowest BCUT2D eigenvalue weighted by molar-refractivity contribution is -0.139. The molecule has 1 saturated carbocycles. The summed E-state index contributed by atoms with van der Waals surface area (Å²) in [6, 6.07) is 0. The van der Waals surface area contributed by atoms with E-state index in [1.165, 1.54) is 0 Å². The van der Waals surface area contributed by atoms with Crippen LogP contribution in [0.2, 0.25) is 0 Å². The van der Waals surface area contributed by atoms with E-state index in [9.17, 15) is 13.6 Å². The molecule has 0 radical (unpaired) electrons. The Morgan fingerprint density at radius 3 is 2.44 bits per heavy atom. The van der Waals surface area contributed by atoms with Gasteiger partial charge in [-0.2, -0.15) is 0 Å². The van der Waals surface area contributed by atoms with Crippen molar-refractivity contribution in [2.75, 3.05) is 18.4 Å². The van der Waals surface area contributed by atoms with Crippen molar-refractivity contribution in [1.29, 1.82) is 0 Å². The molecule has 0 unspecified atom stereocenters. The van der Waals surface area contributed by atoms with Crippen molar-refractivity contribution in [3.63, 3.8) is 0 Å². The number of amides is 1. The van der Waals surface area contributed by atoms with Gasteiger partial charge in [-0.1, -0.05) is 15.9 Å². The second-order valence-corrected chi connectivity index (χ2v) is 5.03. The number of hydrogen-bond acceptors (Lipinski definition) is 1. The summed E-state index contributed by atoms with van der Waals surface area (Å²) in [6.45, 7) is 3.22. The molecule has 1 amide bonds. The lowest BCUT2D eigenvalue weighted by Crippen LogP contribution is -2.40. The molecule has 94 valence electrons. The Bertz CT molecular complexity index is 238. The topological polar surface area (TPSA) is 20.3 Å². The molecule has 0 N–H and O–H groups in total. The minimum Gasteiger partial charge on any atom is -0.342 e. The molecule has 16 heavy (non-hydrogen) atoms. The van der Waals surface area contributed by atoms with Gasteiger partial charge >= 0.3 is 0 Å². The Morgan fingerprint density at radius 1 is 1.44 bits per heavy atom. The SMILES string of the molecule is CCN(CCBr)C(=O)C1CCC(F)(F)CC1. The normalized spacial score (nSPS) is 20.8. The maximum Gasteiger partial charge on any atom is 0.248 e. The minimum atomic E-state index is -2.55. The first-order valence-electron chi connectivity index (χ1n) is 5.72. The van der Waals surface area contributed by atoms with Crippen LogP contribution >= 0.6 is 15.9 Å². The van der Waals surface area contributed by atoms with Crippen LogP contribution in [0.4, 0.5) is 8.78 Å². The Morgan fingerprint density at radius 2 is 2.00 bits per heavy atom. The van der Waals surface area contributed by atoms with Crippen LogP contribution in [0.25, 0.3) is 0 Å². The van der Waals surface area contributed by atoms with E-state index in [0.29, 0.717) is 25.9 Å². The molecular weight excluding hydrogens is 280 g/mol. The van der Waals surface area contributed by atoms with Crippen LogP contribution in [-0.4, -0.2) is 35.1 Å². The number of halogens is 3. The third kappa shape index (κ3) is 3.68. The Hall–Kier alpha value is -0.190. The number of alkyl halides is 3. The molecule has 0 atom stereocenters. The van der Waals surface area contributed by atoms with Crippen LogP contribution < -0.4 is 0 Å². The van der Waals surface area contributed by atoms with Crippen LogP contribution in [0.15, 0.2) is 0 Å². The molecule has 1 rings (SSSR count). The van der Waals surface area contributed by atoms with E-state index < -0.39 is 5.92 Å². The van der Waals surface area contributed by atoms with Crippen molar-refractivity contribution in [2.45, 2.75) is 38.5 Å². The van der Waals surface area contributed by atoms with Gasteiger partial charge in [0.2, 0.25) is 11.8 Å². The summed E-state index contributed by atoms with van der Waals surface area (Å²) in [5, 5.41) is 0.732. The smallest absolute Gasteiger partial charge is 0.248 e. The molecule has 1 aliphatic carbocycles. The molecule has 0 aromatic heterocycles. The fourth-order valence-corrected chi connectivity index (χ4v) is 2.50. The monoisotopic (exact) mass is 297 g/mol. The van der Waals surface area contributed by atoms with Gasteiger partial charge in [0.15, 0.2) is 0 Å². The standard InChI is InChI=1S/C11H18BrF2NO/c1-2-15(8-7-12)10(16)9-3-5-11(13,14)6-4-9/h9H,2-8H2,1H3. The molecular formula is C11H18BrF2NO. The molecule has 0 saturated heterocycles. The van der Waals surface area contributed by atoms with Crippen LogP contribution in [0.5, 0.6) is 0 Å². The molecule has 0 aromatic carbocycles. The summed E-state index contributed by atoms with van der Waals surface area (Å²) in [7, 11) is 0. The zero-order valence-electron chi connectivity index (χ0n) is 9.52. The number of carbonyl (C=O) groups is 1. The molecule has 0 heterocycles. The number of rotatable bonds is 4. The molecule has 0 bridgehead atoms. The van der Waals surface area contributed by atoms with Gasteiger partial charge in [0.05, 0.1) is 0 Å². The van der Waals surface area contributed by atoms with E-state index in [1.807, 2.05) is 6.92 Å². The van der Waals surface area contributed by atoms with E-state index in [2.05, 4.69) is 15.9 Å². The third-order valence-electron chi connectivity index (χ3n) is 3.11. The zero-order valence-corrected chi connectivity index (χ0v) is 11.1. The average Bonchev–Trinajstić information content (AvgIpc) is 2.25. The van der Waals surface area contributed by atoms with Gasteiger partial charge in [0, 0.05) is 37.2 Å². The summed E-state index contributed by atoms with van der Waals surface area (Å²) < 4.78 is 25.9. The van der Waals surface area contributed by atoms with Crippen molar-refractivity contribution in [3.8, 4) is 0 Å². The summed E-state index contributed by atoms with van der Waals surface area (Å²) in [4.78, 5) is 13.7. The predicted octanol–water partition coefficient (Wildman–Crippen LogP) is 3.06. The van der Waals surface area contributed by atoms with Crippen molar-refractivity contribution < 1.29 is 13.6 Å². The Balaban J connectivity index is 2.49. The maximum atomic E-state index is 12.9. The lowest BCUT2D eigenvalue weighted by Gasteiger charge is -2.31. The molecule has 2 nitrogen and oxygen atoms in total. The van der Waals surface area contributed by atoms with Gasteiger partial charge in [-0.25, -0.2) is 8.78 Å².